The average Bonchev–Trinajstić information content (AvgIpc) is 2.50. The Morgan fingerprint density at radius 2 is 1.80 bits per heavy atom. The number of nitrogens with zero attached hydrogens (tertiary/aromatic N) is 3. The van der Waals surface area contributed by atoms with Gasteiger partial charge in [0.25, 0.3) is 0 Å². The predicted octanol–water partition coefficient (Wildman–Crippen LogP) is 3.42. The monoisotopic (exact) mass is 276 g/mol. The number of piperidine rings is 1. The number of rotatable bonds is 5. The molecule has 1 fully saturated rings. The Kier molecular flexibility index (Phi) is 4.84. The van der Waals surface area contributed by atoms with Crippen molar-refractivity contribution >= 4 is 11.6 Å². The van der Waals surface area contributed by atoms with Crippen LogP contribution in [0.4, 0.5) is 11.6 Å². The van der Waals surface area contributed by atoms with Crippen LogP contribution in [0.3, 0.4) is 0 Å². The summed E-state index contributed by atoms with van der Waals surface area (Å²) in [6.45, 7) is 9.00. The van der Waals surface area contributed by atoms with Crippen molar-refractivity contribution in [3.8, 4) is 0 Å². The van der Waals surface area contributed by atoms with E-state index in [0.29, 0.717) is 11.2 Å². The van der Waals surface area contributed by atoms with Gasteiger partial charge >= 0.3 is 0 Å². The molecule has 112 valence electrons. The van der Waals surface area contributed by atoms with E-state index < -0.39 is 0 Å². The van der Waals surface area contributed by atoms with Crippen LogP contribution in [-0.2, 0) is 6.42 Å². The maximum atomic E-state index is 6.04. The first kappa shape index (κ1) is 15.1. The lowest BCUT2D eigenvalue weighted by Gasteiger charge is -2.42. The summed E-state index contributed by atoms with van der Waals surface area (Å²) < 4.78 is 0. The molecule has 0 unspecified atom stereocenters. The van der Waals surface area contributed by atoms with E-state index in [1.165, 1.54) is 25.7 Å². The fraction of sp³-hybridized carbons (Fsp3) is 0.750. The van der Waals surface area contributed by atoms with Crippen molar-refractivity contribution in [2.75, 3.05) is 23.7 Å². The van der Waals surface area contributed by atoms with Gasteiger partial charge in [-0.3, -0.25) is 0 Å². The number of anilines is 2. The summed E-state index contributed by atoms with van der Waals surface area (Å²) in [6, 6.07) is 0. The quantitative estimate of drug-likeness (QED) is 0.895. The van der Waals surface area contributed by atoms with Gasteiger partial charge in [0, 0.05) is 18.7 Å². The van der Waals surface area contributed by atoms with Gasteiger partial charge in [-0.05, 0) is 24.7 Å². The van der Waals surface area contributed by atoms with Gasteiger partial charge in [-0.15, -0.1) is 0 Å². The minimum Gasteiger partial charge on any atom is -0.383 e. The summed E-state index contributed by atoms with van der Waals surface area (Å²) in [7, 11) is 0. The molecule has 0 saturated carbocycles. The first-order valence-corrected chi connectivity index (χ1v) is 8.00. The fourth-order valence-electron chi connectivity index (χ4n) is 3.33. The molecule has 2 rings (SSSR count). The molecule has 0 radical (unpaired) electrons. The first-order chi connectivity index (χ1) is 9.65. The van der Waals surface area contributed by atoms with Crippen LogP contribution in [0.25, 0.3) is 0 Å². The molecule has 0 bridgehead atoms. The number of nitrogen functional groups attached to an aromatic ring is 1. The zero-order valence-electron chi connectivity index (χ0n) is 13.2. The normalized spacial score (nSPS) is 18.2. The summed E-state index contributed by atoms with van der Waals surface area (Å²) >= 11 is 0. The van der Waals surface area contributed by atoms with Gasteiger partial charge in [0.05, 0.1) is 0 Å². The molecular weight excluding hydrogens is 248 g/mol. The maximum Gasteiger partial charge on any atom is 0.137 e. The van der Waals surface area contributed by atoms with E-state index >= 15 is 0 Å². The van der Waals surface area contributed by atoms with Crippen molar-refractivity contribution in [3.05, 3.63) is 11.9 Å². The van der Waals surface area contributed by atoms with Crippen LogP contribution in [-0.4, -0.2) is 23.1 Å². The summed E-state index contributed by atoms with van der Waals surface area (Å²) in [5, 5.41) is 0. The predicted molar refractivity (Wildman–Crippen MR) is 84.9 cm³/mol. The molecule has 1 aromatic heterocycles. The summed E-state index contributed by atoms with van der Waals surface area (Å²) in [4.78, 5) is 11.1. The van der Waals surface area contributed by atoms with Gasteiger partial charge in [-0.25, -0.2) is 9.97 Å². The summed E-state index contributed by atoms with van der Waals surface area (Å²) in [6.07, 6.45) is 8.73. The van der Waals surface area contributed by atoms with Crippen molar-refractivity contribution in [1.29, 1.82) is 0 Å². The molecule has 1 aliphatic rings. The first-order valence-electron chi connectivity index (χ1n) is 8.00. The number of aromatic nitrogens is 2. The molecule has 0 atom stereocenters. The highest BCUT2D eigenvalue weighted by atomic mass is 15.2. The second-order valence-corrected chi connectivity index (χ2v) is 6.01. The Bertz CT molecular complexity index is 430. The highest BCUT2D eigenvalue weighted by molar-refractivity contribution is 5.56. The molecule has 1 saturated heterocycles. The van der Waals surface area contributed by atoms with Crippen LogP contribution >= 0.6 is 0 Å². The van der Waals surface area contributed by atoms with Gasteiger partial charge in [-0.2, -0.15) is 0 Å². The second-order valence-electron chi connectivity index (χ2n) is 6.01. The molecule has 1 aliphatic heterocycles. The fourth-order valence-corrected chi connectivity index (χ4v) is 3.33. The molecule has 2 N–H and O–H groups in total. The van der Waals surface area contributed by atoms with Gasteiger partial charge in [0.1, 0.15) is 18.0 Å². The maximum absolute atomic E-state index is 6.04. The van der Waals surface area contributed by atoms with Gasteiger partial charge < -0.3 is 10.6 Å². The molecule has 0 spiro atoms. The Balaban J connectivity index is 2.16. The van der Waals surface area contributed by atoms with Crippen LogP contribution in [0, 0.1) is 5.41 Å². The minimum absolute atomic E-state index is 0.542. The molecular formula is C16H28N4. The van der Waals surface area contributed by atoms with Crippen molar-refractivity contribution in [2.24, 2.45) is 5.41 Å². The van der Waals surface area contributed by atoms with E-state index in [9.17, 15) is 0 Å². The van der Waals surface area contributed by atoms with Crippen molar-refractivity contribution in [2.45, 2.75) is 59.3 Å². The number of hydrogen-bond acceptors (Lipinski definition) is 4. The zero-order chi connectivity index (χ0) is 14.6. The van der Waals surface area contributed by atoms with E-state index in [4.69, 9.17) is 5.73 Å². The molecule has 0 aliphatic carbocycles. The Labute approximate surface area is 122 Å². The van der Waals surface area contributed by atoms with Crippen LogP contribution < -0.4 is 10.6 Å². The number of hydrogen-bond donors (Lipinski definition) is 1. The second kappa shape index (κ2) is 6.42. The average molecular weight is 276 g/mol. The van der Waals surface area contributed by atoms with Gasteiger partial charge in [0.2, 0.25) is 0 Å². The van der Waals surface area contributed by atoms with Crippen molar-refractivity contribution < 1.29 is 0 Å². The molecule has 20 heavy (non-hydrogen) atoms. The van der Waals surface area contributed by atoms with Crippen LogP contribution in [0.5, 0.6) is 0 Å². The van der Waals surface area contributed by atoms with E-state index in [-0.39, 0.29) is 0 Å². The summed E-state index contributed by atoms with van der Waals surface area (Å²) in [5.41, 5.74) is 7.72. The third kappa shape index (κ3) is 2.89. The zero-order valence-corrected chi connectivity index (χ0v) is 13.2. The lowest BCUT2D eigenvalue weighted by atomic mass is 9.74. The van der Waals surface area contributed by atoms with E-state index in [2.05, 4.69) is 35.6 Å². The van der Waals surface area contributed by atoms with E-state index in [1.54, 1.807) is 6.33 Å². The van der Waals surface area contributed by atoms with Crippen LogP contribution in [0.15, 0.2) is 6.33 Å². The third-order valence-corrected chi connectivity index (χ3v) is 5.08. The molecule has 1 aromatic rings. The lowest BCUT2D eigenvalue weighted by Crippen LogP contribution is -2.40. The smallest absolute Gasteiger partial charge is 0.137 e. The number of nitrogens with two attached hydrogens (primary N) is 1. The topological polar surface area (TPSA) is 55.0 Å². The van der Waals surface area contributed by atoms with E-state index in [0.717, 1.165) is 37.3 Å². The Morgan fingerprint density at radius 3 is 2.35 bits per heavy atom. The van der Waals surface area contributed by atoms with Crippen molar-refractivity contribution in [3.63, 3.8) is 0 Å². The molecule has 4 nitrogen and oxygen atoms in total. The Hall–Kier alpha value is -1.32. The van der Waals surface area contributed by atoms with Crippen LogP contribution in [0.2, 0.25) is 0 Å². The Morgan fingerprint density at radius 1 is 1.15 bits per heavy atom. The van der Waals surface area contributed by atoms with Crippen LogP contribution in [0.1, 0.15) is 58.4 Å². The minimum atomic E-state index is 0.542. The SMILES string of the molecule is CCCc1c(N)ncnc1N1CCC(CC)(CC)CC1. The highest BCUT2D eigenvalue weighted by Crippen LogP contribution is 2.39. The molecule has 0 aromatic carbocycles. The molecule has 4 heteroatoms. The highest BCUT2D eigenvalue weighted by Gasteiger charge is 2.32. The third-order valence-electron chi connectivity index (χ3n) is 5.08. The standard InChI is InChI=1S/C16H28N4/c1-4-7-13-14(17)18-12-19-15(13)20-10-8-16(5-2,6-3)9-11-20/h12H,4-11H2,1-3H3,(H2,17,18,19). The van der Waals surface area contributed by atoms with Gasteiger partial charge in [0.15, 0.2) is 0 Å². The van der Waals surface area contributed by atoms with Gasteiger partial charge in [-0.1, -0.05) is 40.0 Å². The molecule has 2 heterocycles. The molecule has 0 amide bonds. The lowest BCUT2D eigenvalue weighted by molar-refractivity contribution is 0.199. The summed E-state index contributed by atoms with van der Waals surface area (Å²) in [5.74, 6) is 1.72. The van der Waals surface area contributed by atoms with Crippen molar-refractivity contribution in [1.82, 2.24) is 9.97 Å². The van der Waals surface area contributed by atoms with E-state index in [1.807, 2.05) is 0 Å². The largest absolute Gasteiger partial charge is 0.383 e.